The Morgan fingerprint density at radius 1 is 1.18 bits per heavy atom. The number of hydrogen-bond acceptors (Lipinski definition) is 8. The van der Waals surface area contributed by atoms with Crippen molar-refractivity contribution < 1.29 is 19.0 Å². The van der Waals surface area contributed by atoms with Gasteiger partial charge in [-0.2, -0.15) is 0 Å². The van der Waals surface area contributed by atoms with Crippen molar-refractivity contribution in [2.24, 2.45) is 4.99 Å². The second-order valence-electron chi connectivity index (χ2n) is 7.64. The van der Waals surface area contributed by atoms with Gasteiger partial charge in [-0.15, -0.1) is 11.3 Å². The van der Waals surface area contributed by atoms with Crippen molar-refractivity contribution in [3.8, 4) is 5.75 Å². The van der Waals surface area contributed by atoms with E-state index in [0.29, 0.717) is 33.8 Å². The zero-order chi connectivity index (χ0) is 24.1. The van der Waals surface area contributed by atoms with Crippen LogP contribution in [-0.2, 0) is 14.3 Å². The van der Waals surface area contributed by atoms with Crippen LogP contribution < -0.4 is 19.6 Å². The van der Waals surface area contributed by atoms with Gasteiger partial charge in [-0.25, -0.2) is 9.79 Å². The Morgan fingerprint density at radius 2 is 1.97 bits per heavy atom. The molecule has 1 aliphatic heterocycles. The summed E-state index contributed by atoms with van der Waals surface area (Å²) in [4.78, 5) is 32.6. The number of thiazole rings is 1. The first-order chi connectivity index (χ1) is 16.5. The quantitative estimate of drug-likeness (QED) is 0.334. The maximum absolute atomic E-state index is 13.5. The average molecular weight is 499 g/mol. The minimum absolute atomic E-state index is 0.131. The van der Waals surface area contributed by atoms with Crippen LogP contribution in [-0.4, -0.2) is 37.5 Å². The molecule has 3 aromatic rings. The van der Waals surface area contributed by atoms with E-state index in [4.69, 9.17) is 14.2 Å². The molecule has 1 aromatic carbocycles. The van der Waals surface area contributed by atoms with E-state index in [9.17, 15) is 9.59 Å². The van der Waals surface area contributed by atoms with Gasteiger partial charge in [0.25, 0.3) is 5.56 Å². The van der Waals surface area contributed by atoms with Gasteiger partial charge in [-0.1, -0.05) is 36.5 Å². The zero-order valence-corrected chi connectivity index (χ0v) is 20.9. The van der Waals surface area contributed by atoms with Gasteiger partial charge in [0.1, 0.15) is 18.4 Å². The van der Waals surface area contributed by atoms with Gasteiger partial charge < -0.3 is 14.2 Å². The lowest BCUT2D eigenvalue weighted by Gasteiger charge is -2.23. The van der Waals surface area contributed by atoms with Crippen LogP contribution >= 0.6 is 22.7 Å². The van der Waals surface area contributed by atoms with Crippen molar-refractivity contribution in [2.45, 2.75) is 26.3 Å². The molecule has 34 heavy (non-hydrogen) atoms. The number of benzene rings is 1. The number of thiophene rings is 1. The zero-order valence-electron chi connectivity index (χ0n) is 19.3. The number of carbonyl (C=O) groups excluding carboxylic acids is 1. The minimum Gasteiger partial charge on any atom is -0.494 e. The van der Waals surface area contributed by atoms with Gasteiger partial charge in [-0.3, -0.25) is 9.36 Å². The molecule has 0 N–H and O–H groups in total. The molecule has 178 valence electrons. The number of carbonyl (C=O) groups is 1. The Balaban J connectivity index is 1.75. The molecule has 9 heteroatoms. The van der Waals surface area contributed by atoms with E-state index < -0.39 is 12.0 Å². The van der Waals surface area contributed by atoms with Crippen molar-refractivity contribution in [2.75, 3.05) is 26.9 Å². The average Bonchev–Trinajstić information content (AvgIpc) is 3.46. The normalized spacial score (nSPS) is 15.7. The Bertz CT molecular complexity index is 1350. The molecular weight excluding hydrogens is 472 g/mol. The maximum Gasteiger partial charge on any atom is 0.338 e. The van der Waals surface area contributed by atoms with E-state index >= 15 is 0 Å². The summed E-state index contributed by atoms with van der Waals surface area (Å²) >= 11 is 2.80. The highest BCUT2D eigenvalue weighted by Gasteiger charge is 2.34. The van der Waals surface area contributed by atoms with Crippen LogP contribution in [0.4, 0.5) is 0 Å². The van der Waals surface area contributed by atoms with Crippen LogP contribution in [0.15, 0.2) is 62.8 Å². The molecule has 7 nitrogen and oxygen atoms in total. The molecule has 0 amide bonds. The fourth-order valence-electron chi connectivity index (χ4n) is 3.63. The third-order valence-electron chi connectivity index (χ3n) is 5.23. The van der Waals surface area contributed by atoms with Gasteiger partial charge in [0.05, 0.1) is 29.0 Å². The van der Waals surface area contributed by atoms with Gasteiger partial charge in [-0.05, 0) is 48.6 Å². The standard InChI is InChI=1S/C25H26N2O5S2/c1-4-11-31-18-9-7-17(8-10-18)15-20-23(28)27-22(19-6-5-14-33-19)21(16(2)26-25(27)34-20)24(29)32-13-12-30-3/h5-10,14-15,22H,4,11-13H2,1-3H3/b20-15+/t22-/m1/s1. The molecule has 3 heterocycles. The fourth-order valence-corrected chi connectivity index (χ4v) is 5.50. The predicted molar refractivity (Wildman–Crippen MR) is 133 cm³/mol. The van der Waals surface area contributed by atoms with Crippen LogP contribution in [0.25, 0.3) is 6.08 Å². The molecule has 0 saturated heterocycles. The maximum atomic E-state index is 13.5. The first kappa shape index (κ1) is 24.1. The Hall–Kier alpha value is -3.01. The Kier molecular flexibility index (Phi) is 7.77. The molecule has 0 fully saturated rings. The number of esters is 1. The highest BCUT2D eigenvalue weighted by atomic mass is 32.1. The fraction of sp³-hybridized carbons (Fsp3) is 0.320. The first-order valence-corrected chi connectivity index (χ1v) is 12.7. The van der Waals surface area contributed by atoms with Crippen molar-refractivity contribution in [1.82, 2.24) is 4.57 Å². The molecule has 4 rings (SSSR count). The van der Waals surface area contributed by atoms with Crippen LogP contribution in [0.2, 0.25) is 0 Å². The molecule has 2 aromatic heterocycles. The number of rotatable bonds is 9. The van der Waals surface area contributed by atoms with E-state index in [1.54, 1.807) is 18.6 Å². The lowest BCUT2D eigenvalue weighted by molar-refractivity contribution is -0.140. The van der Waals surface area contributed by atoms with Gasteiger partial charge >= 0.3 is 5.97 Å². The first-order valence-electron chi connectivity index (χ1n) is 11.0. The van der Waals surface area contributed by atoms with Crippen LogP contribution in [0.3, 0.4) is 0 Å². The molecule has 0 saturated carbocycles. The van der Waals surface area contributed by atoms with Gasteiger partial charge in [0.15, 0.2) is 4.80 Å². The molecule has 0 unspecified atom stereocenters. The lowest BCUT2D eigenvalue weighted by Crippen LogP contribution is -2.39. The monoisotopic (exact) mass is 498 g/mol. The van der Waals surface area contributed by atoms with Gasteiger partial charge in [0, 0.05) is 12.0 Å². The predicted octanol–water partition coefficient (Wildman–Crippen LogP) is 3.28. The third kappa shape index (κ3) is 5.06. The van der Waals surface area contributed by atoms with Gasteiger partial charge in [0.2, 0.25) is 0 Å². The molecule has 0 bridgehead atoms. The number of hydrogen-bond donors (Lipinski definition) is 0. The summed E-state index contributed by atoms with van der Waals surface area (Å²) in [6, 6.07) is 10.9. The molecule has 0 spiro atoms. The smallest absolute Gasteiger partial charge is 0.338 e. The molecule has 0 aliphatic carbocycles. The van der Waals surface area contributed by atoms with Crippen LogP contribution in [0.5, 0.6) is 5.75 Å². The third-order valence-corrected chi connectivity index (χ3v) is 7.13. The van der Waals surface area contributed by atoms with E-state index in [1.807, 2.05) is 47.9 Å². The number of allylic oxidation sites excluding steroid dienone is 1. The number of methoxy groups -OCH3 is 1. The second kappa shape index (κ2) is 10.9. The second-order valence-corrected chi connectivity index (χ2v) is 9.63. The summed E-state index contributed by atoms with van der Waals surface area (Å²) in [5.41, 5.74) is 1.61. The summed E-state index contributed by atoms with van der Waals surface area (Å²) in [6.07, 6.45) is 2.78. The minimum atomic E-state index is -0.585. The van der Waals surface area contributed by atoms with E-state index in [-0.39, 0.29) is 12.2 Å². The van der Waals surface area contributed by atoms with Crippen molar-refractivity contribution >= 4 is 34.7 Å². The highest BCUT2D eigenvalue weighted by Crippen LogP contribution is 2.33. The Morgan fingerprint density at radius 3 is 2.65 bits per heavy atom. The number of ether oxygens (including phenoxy) is 3. The van der Waals surface area contributed by atoms with E-state index in [1.165, 1.54) is 22.7 Å². The molecule has 0 radical (unpaired) electrons. The van der Waals surface area contributed by atoms with Crippen LogP contribution in [0.1, 0.15) is 36.8 Å². The van der Waals surface area contributed by atoms with Crippen molar-refractivity contribution in [3.63, 3.8) is 0 Å². The molecule has 1 aliphatic rings. The molecule has 1 atom stereocenters. The largest absolute Gasteiger partial charge is 0.494 e. The van der Waals surface area contributed by atoms with E-state index in [2.05, 4.69) is 11.9 Å². The summed E-state index contributed by atoms with van der Waals surface area (Å²) in [5, 5.41) is 1.93. The lowest BCUT2D eigenvalue weighted by atomic mass is 10.0. The SMILES string of the molecule is CCCOc1ccc(/C=c2/sc3n(c2=O)[C@H](c2cccs2)C(C(=O)OCCOC)=C(C)N=3)cc1. The summed E-state index contributed by atoms with van der Waals surface area (Å²) in [6.45, 7) is 4.93. The summed E-state index contributed by atoms with van der Waals surface area (Å²) in [5.74, 6) is 0.305. The summed E-state index contributed by atoms with van der Waals surface area (Å²) in [7, 11) is 1.55. The van der Waals surface area contributed by atoms with Crippen LogP contribution in [0, 0.1) is 0 Å². The van der Waals surface area contributed by atoms with E-state index in [0.717, 1.165) is 22.6 Å². The summed E-state index contributed by atoms with van der Waals surface area (Å²) < 4.78 is 18.2. The Labute approximate surface area is 205 Å². The topological polar surface area (TPSA) is 79.1 Å². The van der Waals surface area contributed by atoms with Crippen molar-refractivity contribution in [3.05, 3.63) is 83.2 Å². The van der Waals surface area contributed by atoms with Crippen molar-refractivity contribution in [1.29, 1.82) is 0 Å². The number of nitrogens with zero attached hydrogens (tertiary/aromatic N) is 2. The highest BCUT2D eigenvalue weighted by molar-refractivity contribution is 7.10. The molecular formula is C25H26N2O5S2. The number of aromatic nitrogens is 1. The number of fused-ring (bicyclic) bond motifs is 1.